The molecule has 3 nitrogen and oxygen atoms in total. The lowest BCUT2D eigenvalue weighted by atomic mass is 9.80. The Hall–Kier alpha value is -1.35. The minimum Gasteiger partial charge on any atom is -0.330 e. The van der Waals surface area contributed by atoms with E-state index >= 15 is 0 Å². The predicted octanol–water partition coefficient (Wildman–Crippen LogP) is 2.83. The van der Waals surface area contributed by atoms with Crippen LogP contribution in [0.15, 0.2) is 18.2 Å². The SMILES string of the molecule is CC(C)(CCN)Cc1ccc2c(c1)C(C)(C)C(=O)N2. The number of amides is 1. The molecule has 0 radical (unpaired) electrons. The summed E-state index contributed by atoms with van der Waals surface area (Å²) < 4.78 is 0. The summed E-state index contributed by atoms with van der Waals surface area (Å²) in [5, 5.41) is 2.94. The van der Waals surface area contributed by atoms with Crippen LogP contribution in [0.3, 0.4) is 0 Å². The van der Waals surface area contributed by atoms with Gasteiger partial charge >= 0.3 is 0 Å². The summed E-state index contributed by atoms with van der Waals surface area (Å²) in [5.74, 6) is 0.0841. The second-order valence-electron chi connectivity index (χ2n) is 6.84. The number of hydrogen-bond donors (Lipinski definition) is 2. The summed E-state index contributed by atoms with van der Waals surface area (Å²) in [4.78, 5) is 11.9. The Bertz CT molecular complexity index is 503. The van der Waals surface area contributed by atoms with Gasteiger partial charge in [0.15, 0.2) is 0 Å². The Morgan fingerprint density at radius 2 is 2.00 bits per heavy atom. The van der Waals surface area contributed by atoms with Crippen molar-refractivity contribution in [3.63, 3.8) is 0 Å². The average molecular weight is 260 g/mol. The molecule has 2 rings (SSSR count). The topological polar surface area (TPSA) is 55.1 Å². The zero-order valence-electron chi connectivity index (χ0n) is 12.3. The average Bonchev–Trinajstić information content (AvgIpc) is 2.50. The fourth-order valence-electron chi connectivity index (χ4n) is 2.76. The summed E-state index contributed by atoms with van der Waals surface area (Å²) in [6, 6.07) is 6.31. The number of fused-ring (bicyclic) bond motifs is 1. The van der Waals surface area contributed by atoms with Gasteiger partial charge in [-0.2, -0.15) is 0 Å². The van der Waals surface area contributed by atoms with E-state index in [4.69, 9.17) is 5.73 Å². The molecule has 1 aromatic carbocycles. The molecule has 19 heavy (non-hydrogen) atoms. The van der Waals surface area contributed by atoms with E-state index in [9.17, 15) is 4.79 Å². The molecule has 1 aliphatic heterocycles. The van der Waals surface area contributed by atoms with Gasteiger partial charge in [-0.25, -0.2) is 0 Å². The monoisotopic (exact) mass is 260 g/mol. The van der Waals surface area contributed by atoms with Gasteiger partial charge in [-0.1, -0.05) is 26.0 Å². The van der Waals surface area contributed by atoms with Crippen LogP contribution in [0.4, 0.5) is 5.69 Å². The van der Waals surface area contributed by atoms with Crippen molar-refractivity contribution in [1.29, 1.82) is 0 Å². The van der Waals surface area contributed by atoms with Crippen LogP contribution in [0.25, 0.3) is 0 Å². The van der Waals surface area contributed by atoms with Gasteiger partial charge in [-0.05, 0) is 55.8 Å². The van der Waals surface area contributed by atoms with Crippen LogP contribution >= 0.6 is 0 Å². The largest absolute Gasteiger partial charge is 0.330 e. The molecular weight excluding hydrogens is 236 g/mol. The van der Waals surface area contributed by atoms with Crippen molar-refractivity contribution in [2.45, 2.75) is 46.0 Å². The van der Waals surface area contributed by atoms with E-state index < -0.39 is 5.41 Å². The molecule has 1 amide bonds. The highest BCUT2D eigenvalue weighted by Crippen LogP contribution is 2.38. The minimum absolute atomic E-state index is 0.0841. The molecule has 0 saturated carbocycles. The number of nitrogens with one attached hydrogen (secondary N) is 1. The first-order valence-corrected chi connectivity index (χ1v) is 6.91. The van der Waals surface area contributed by atoms with Crippen LogP contribution < -0.4 is 11.1 Å². The molecule has 0 saturated heterocycles. The molecular formula is C16H24N2O. The molecule has 0 fully saturated rings. The van der Waals surface area contributed by atoms with Gasteiger partial charge in [0.2, 0.25) is 5.91 Å². The van der Waals surface area contributed by atoms with Crippen LogP contribution in [-0.2, 0) is 16.6 Å². The van der Waals surface area contributed by atoms with Crippen molar-refractivity contribution in [3.8, 4) is 0 Å². The maximum absolute atomic E-state index is 11.9. The lowest BCUT2D eigenvalue weighted by Gasteiger charge is -2.25. The Labute approximate surface area is 115 Å². The molecule has 1 heterocycles. The van der Waals surface area contributed by atoms with Gasteiger partial charge in [-0.15, -0.1) is 0 Å². The smallest absolute Gasteiger partial charge is 0.234 e. The van der Waals surface area contributed by atoms with Crippen molar-refractivity contribution in [2.75, 3.05) is 11.9 Å². The fourth-order valence-corrected chi connectivity index (χ4v) is 2.76. The van der Waals surface area contributed by atoms with E-state index in [0.29, 0.717) is 6.54 Å². The van der Waals surface area contributed by atoms with E-state index in [1.54, 1.807) is 0 Å². The summed E-state index contributed by atoms with van der Waals surface area (Å²) in [5.41, 5.74) is 8.78. The third-order valence-electron chi connectivity index (χ3n) is 4.08. The quantitative estimate of drug-likeness (QED) is 0.874. The molecule has 0 aliphatic carbocycles. The summed E-state index contributed by atoms with van der Waals surface area (Å²) in [6.45, 7) is 9.14. The minimum atomic E-state index is -0.427. The second-order valence-corrected chi connectivity index (χ2v) is 6.84. The molecule has 0 aromatic heterocycles. The Kier molecular flexibility index (Phi) is 3.43. The Morgan fingerprint density at radius 3 is 2.63 bits per heavy atom. The highest BCUT2D eigenvalue weighted by molar-refractivity contribution is 6.05. The molecule has 104 valence electrons. The molecule has 0 bridgehead atoms. The van der Waals surface area contributed by atoms with Gasteiger partial charge in [0, 0.05) is 5.69 Å². The molecule has 0 atom stereocenters. The number of benzene rings is 1. The summed E-state index contributed by atoms with van der Waals surface area (Å²) >= 11 is 0. The van der Waals surface area contributed by atoms with Gasteiger partial charge in [-0.3, -0.25) is 4.79 Å². The lowest BCUT2D eigenvalue weighted by Crippen LogP contribution is -2.27. The van der Waals surface area contributed by atoms with Gasteiger partial charge in [0.25, 0.3) is 0 Å². The van der Waals surface area contributed by atoms with E-state index in [0.717, 1.165) is 24.1 Å². The number of anilines is 1. The maximum atomic E-state index is 11.9. The third kappa shape index (κ3) is 2.66. The zero-order chi connectivity index (χ0) is 14.3. The number of nitrogens with two attached hydrogens (primary N) is 1. The van der Waals surface area contributed by atoms with Gasteiger partial charge < -0.3 is 11.1 Å². The summed E-state index contributed by atoms with van der Waals surface area (Å²) in [6.07, 6.45) is 1.99. The Balaban J connectivity index is 2.28. The fraction of sp³-hybridized carbons (Fsp3) is 0.562. The van der Waals surface area contributed by atoms with Crippen molar-refractivity contribution in [2.24, 2.45) is 11.1 Å². The highest BCUT2D eigenvalue weighted by atomic mass is 16.2. The van der Waals surface area contributed by atoms with Crippen molar-refractivity contribution < 1.29 is 4.79 Å². The third-order valence-corrected chi connectivity index (χ3v) is 4.08. The number of rotatable bonds is 4. The van der Waals surface area contributed by atoms with Crippen molar-refractivity contribution >= 4 is 11.6 Å². The molecule has 3 N–H and O–H groups in total. The van der Waals surface area contributed by atoms with E-state index in [2.05, 4.69) is 31.3 Å². The van der Waals surface area contributed by atoms with E-state index in [1.165, 1.54) is 5.56 Å². The van der Waals surface area contributed by atoms with E-state index in [1.807, 2.05) is 19.9 Å². The first-order valence-electron chi connectivity index (χ1n) is 6.91. The van der Waals surface area contributed by atoms with Crippen LogP contribution in [-0.4, -0.2) is 12.5 Å². The molecule has 1 aromatic rings. The maximum Gasteiger partial charge on any atom is 0.234 e. The Morgan fingerprint density at radius 1 is 1.32 bits per heavy atom. The van der Waals surface area contributed by atoms with Gasteiger partial charge in [0.05, 0.1) is 5.41 Å². The number of hydrogen-bond acceptors (Lipinski definition) is 2. The molecule has 0 spiro atoms. The zero-order valence-corrected chi connectivity index (χ0v) is 12.3. The first kappa shape index (κ1) is 14.1. The molecule has 1 aliphatic rings. The van der Waals surface area contributed by atoms with Crippen LogP contribution in [0.1, 0.15) is 45.2 Å². The number of carbonyl (C=O) groups is 1. The summed E-state index contributed by atoms with van der Waals surface area (Å²) in [7, 11) is 0. The molecule has 3 heteroatoms. The van der Waals surface area contributed by atoms with E-state index in [-0.39, 0.29) is 11.3 Å². The van der Waals surface area contributed by atoms with Crippen LogP contribution in [0, 0.1) is 5.41 Å². The van der Waals surface area contributed by atoms with Crippen molar-refractivity contribution in [3.05, 3.63) is 29.3 Å². The normalized spacial score (nSPS) is 17.2. The number of carbonyl (C=O) groups excluding carboxylic acids is 1. The predicted molar refractivity (Wildman–Crippen MR) is 79.3 cm³/mol. The first-order chi connectivity index (χ1) is 8.76. The molecule has 0 unspecified atom stereocenters. The highest BCUT2D eigenvalue weighted by Gasteiger charge is 2.38. The lowest BCUT2D eigenvalue weighted by molar-refractivity contribution is -0.119. The van der Waals surface area contributed by atoms with Crippen LogP contribution in [0.2, 0.25) is 0 Å². The standard InChI is InChI=1S/C16H24N2O/c1-15(2,7-8-17)10-11-5-6-13-12(9-11)16(3,4)14(19)18-13/h5-6,9H,7-8,10,17H2,1-4H3,(H,18,19). The van der Waals surface area contributed by atoms with Crippen LogP contribution in [0.5, 0.6) is 0 Å². The second kappa shape index (κ2) is 4.64. The van der Waals surface area contributed by atoms with Gasteiger partial charge in [0.1, 0.15) is 0 Å². The van der Waals surface area contributed by atoms with Crippen molar-refractivity contribution in [1.82, 2.24) is 0 Å².